The molecule has 0 amide bonds. The van der Waals surface area contributed by atoms with Crippen molar-refractivity contribution in [3.63, 3.8) is 0 Å². The number of hydrogen-bond acceptors (Lipinski definition) is 6. The summed E-state index contributed by atoms with van der Waals surface area (Å²) in [5.74, 6) is -3.30. The van der Waals surface area contributed by atoms with E-state index in [0.717, 1.165) is 0 Å². The van der Waals surface area contributed by atoms with Crippen LogP contribution in [-0.2, 0) is 27.1 Å². The molecule has 1 fully saturated rings. The van der Waals surface area contributed by atoms with Gasteiger partial charge in [-0.1, -0.05) is 12.1 Å². The molecule has 0 radical (unpaired) electrons. The molecule has 202 valence electrons. The third kappa shape index (κ3) is 7.61. The fourth-order valence-electron chi connectivity index (χ4n) is 4.22. The number of nitrogens with one attached hydrogen (secondary N) is 1. The third-order valence-corrected chi connectivity index (χ3v) is 6.20. The van der Waals surface area contributed by atoms with Gasteiger partial charge >= 0.3 is 11.9 Å². The summed E-state index contributed by atoms with van der Waals surface area (Å²) in [4.78, 5) is 26.8. The first-order chi connectivity index (χ1) is 18.2. The molecule has 1 N–H and O–H groups in total. The summed E-state index contributed by atoms with van der Waals surface area (Å²) in [5.41, 5.74) is 0.693. The van der Waals surface area contributed by atoms with E-state index in [-0.39, 0.29) is 41.9 Å². The van der Waals surface area contributed by atoms with Gasteiger partial charge in [-0.05, 0) is 62.2 Å². The van der Waals surface area contributed by atoms with Crippen molar-refractivity contribution >= 4 is 11.9 Å². The normalized spacial score (nSPS) is 16.7. The van der Waals surface area contributed by atoms with Crippen LogP contribution in [0.1, 0.15) is 40.0 Å². The zero-order chi connectivity index (χ0) is 27.7. The number of hydrogen-bond donors (Lipinski definition) is 1. The monoisotopic (exact) mass is 532 g/mol. The first kappa shape index (κ1) is 28.8. The van der Waals surface area contributed by atoms with E-state index in [1.807, 2.05) is 0 Å². The van der Waals surface area contributed by atoms with Crippen molar-refractivity contribution in [2.75, 3.05) is 20.8 Å². The van der Waals surface area contributed by atoms with E-state index in [2.05, 4.69) is 15.0 Å². The molecule has 0 saturated carbocycles. The lowest BCUT2D eigenvalue weighted by molar-refractivity contribution is -0.146. The number of halogens is 4. The molecule has 0 aliphatic carbocycles. The SMILES string of the molecule is COC(=O)C1CCNC(Cc2c(F)cccc2F)C1.COC(=O)c1ccnc(Cc2c(F)cccc2F)c1. The number of methoxy groups -OCH3 is 2. The maximum absolute atomic E-state index is 13.6. The molecule has 1 aliphatic rings. The Labute approximate surface area is 218 Å². The Balaban J connectivity index is 0.000000211. The first-order valence-electron chi connectivity index (χ1n) is 11.9. The Kier molecular flexibility index (Phi) is 10.3. The highest BCUT2D eigenvalue weighted by molar-refractivity contribution is 5.89. The predicted octanol–water partition coefficient (Wildman–Crippen LogP) is 4.79. The Hall–Kier alpha value is -3.79. The Morgan fingerprint density at radius 1 is 0.921 bits per heavy atom. The van der Waals surface area contributed by atoms with Crippen LogP contribution in [0.15, 0.2) is 54.7 Å². The third-order valence-electron chi connectivity index (χ3n) is 6.20. The van der Waals surface area contributed by atoms with Gasteiger partial charge in [0, 0.05) is 35.5 Å². The molecule has 1 aliphatic heterocycles. The molecule has 2 aromatic carbocycles. The van der Waals surface area contributed by atoms with Crippen LogP contribution in [0.5, 0.6) is 0 Å². The van der Waals surface area contributed by atoms with Gasteiger partial charge in [-0.2, -0.15) is 0 Å². The molecule has 2 heterocycles. The fraction of sp³-hybridized carbons (Fsp3) is 0.321. The zero-order valence-corrected chi connectivity index (χ0v) is 21.0. The number of piperidine rings is 1. The molecule has 6 nitrogen and oxygen atoms in total. The molecular weight excluding hydrogens is 504 g/mol. The standard InChI is InChI=1S/C14H17F2NO2.C14H11F2NO2/c2*1-19-14(18)9-5-6-17-10(7-9)8-11-12(15)3-2-4-13(11)16/h2-4,9-10,17H,5-8H2,1H3;2-7H,8H2,1H3. The quantitative estimate of drug-likeness (QED) is 0.364. The van der Waals surface area contributed by atoms with E-state index in [1.54, 1.807) is 0 Å². The molecule has 1 aromatic heterocycles. The number of carbonyl (C=O) groups excluding carboxylic acids is 2. The second-order valence-corrected chi connectivity index (χ2v) is 8.70. The van der Waals surface area contributed by atoms with Gasteiger partial charge in [0.25, 0.3) is 0 Å². The Morgan fingerprint density at radius 3 is 2.11 bits per heavy atom. The number of carbonyl (C=O) groups is 2. The summed E-state index contributed by atoms with van der Waals surface area (Å²) >= 11 is 0. The molecule has 3 aromatic rings. The van der Waals surface area contributed by atoms with Crippen molar-refractivity contribution in [3.8, 4) is 0 Å². The van der Waals surface area contributed by atoms with Crippen molar-refractivity contribution < 1.29 is 36.6 Å². The lowest BCUT2D eigenvalue weighted by atomic mass is 9.89. The van der Waals surface area contributed by atoms with Gasteiger partial charge in [0.1, 0.15) is 23.3 Å². The number of ether oxygens (including phenoxy) is 2. The minimum Gasteiger partial charge on any atom is -0.469 e. The van der Waals surface area contributed by atoms with Crippen LogP contribution in [0.25, 0.3) is 0 Å². The van der Waals surface area contributed by atoms with Crippen molar-refractivity contribution in [3.05, 3.63) is 100 Å². The Bertz CT molecular complexity index is 1230. The van der Waals surface area contributed by atoms with Gasteiger partial charge < -0.3 is 14.8 Å². The number of nitrogens with zero attached hydrogens (tertiary/aromatic N) is 1. The van der Waals surface area contributed by atoms with Crippen LogP contribution in [0.2, 0.25) is 0 Å². The summed E-state index contributed by atoms with van der Waals surface area (Å²) < 4.78 is 63.4. The molecule has 10 heteroatoms. The smallest absolute Gasteiger partial charge is 0.337 e. The van der Waals surface area contributed by atoms with E-state index < -0.39 is 29.2 Å². The lowest BCUT2D eigenvalue weighted by Crippen LogP contribution is -2.42. The average molecular weight is 533 g/mol. The van der Waals surface area contributed by atoms with Crippen LogP contribution < -0.4 is 5.32 Å². The number of benzene rings is 2. The summed E-state index contributed by atoms with van der Waals surface area (Å²) in [6.07, 6.45) is 2.86. The van der Waals surface area contributed by atoms with Crippen LogP contribution in [0.4, 0.5) is 17.6 Å². The highest BCUT2D eigenvalue weighted by Gasteiger charge is 2.28. The van der Waals surface area contributed by atoms with E-state index >= 15 is 0 Å². The second-order valence-electron chi connectivity index (χ2n) is 8.70. The van der Waals surface area contributed by atoms with Crippen LogP contribution in [0, 0.1) is 29.2 Å². The Morgan fingerprint density at radius 2 is 1.53 bits per heavy atom. The topological polar surface area (TPSA) is 77.5 Å². The van der Waals surface area contributed by atoms with Gasteiger partial charge in [-0.15, -0.1) is 0 Å². The predicted molar refractivity (Wildman–Crippen MR) is 131 cm³/mol. The van der Waals surface area contributed by atoms with Crippen molar-refractivity contribution in [2.24, 2.45) is 5.92 Å². The van der Waals surface area contributed by atoms with E-state index in [9.17, 15) is 27.2 Å². The number of rotatable bonds is 6. The number of aromatic nitrogens is 1. The van der Waals surface area contributed by atoms with Crippen LogP contribution in [-0.4, -0.2) is 43.7 Å². The molecule has 1 saturated heterocycles. The highest BCUT2D eigenvalue weighted by atomic mass is 19.1. The van der Waals surface area contributed by atoms with Crippen molar-refractivity contribution in [1.82, 2.24) is 10.3 Å². The molecule has 2 atom stereocenters. The first-order valence-corrected chi connectivity index (χ1v) is 11.9. The molecule has 2 unspecified atom stereocenters. The molecule has 0 spiro atoms. The summed E-state index contributed by atoms with van der Waals surface area (Å²) in [5, 5.41) is 3.19. The maximum atomic E-state index is 13.6. The minimum absolute atomic E-state index is 0.0245. The molecule has 38 heavy (non-hydrogen) atoms. The summed E-state index contributed by atoms with van der Waals surface area (Å²) in [6.45, 7) is 0.653. The minimum atomic E-state index is -0.634. The van der Waals surface area contributed by atoms with Gasteiger partial charge in [-0.25, -0.2) is 22.4 Å². The van der Waals surface area contributed by atoms with Crippen LogP contribution >= 0.6 is 0 Å². The largest absolute Gasteiger partial charge is 0.469 e. The summed E-state index contributed by atoms with van der Waals surface area (Å²) in [6, 6.07) is 10.3. The number of esters is 2. The maximum Gasteiger partial charge on any atom is 0.337 e. The van der Waals surface area contributed by atoms with E-state index in [0.29, 0.717) is 30.6 Å². The molecule has 4 rings (SSSR count). The van der Waals surface area contributed by atoms with Gasteiger partial charge in [0.2, 0.25) is 0 Å². The van der Waals surface area contributed by atoms with E-state index in [4.69, 9.17) is 4.74 Å². The van der Waals surface area contributed by atoms with Crippen molar-refractivity contribution in [2.45, 2.75) is 31.7 Å². The lowest BCUT2D eigenvalue weighted by Gasteiger charge is -2.29. The molecule has 0 bridgehead atoms. The zero-order valence-electron chi connectivity index (χ0n) is 21.0. The van der Waals surface area contributed by atoms with Gasteiger partial charge in [0.15, 0.2) is 0 Å². The van der Waals surface area contributed by atoms with Gasteiger partial charge in [0.05, 0.1) is 25.7 Å². The van der Waals surface area contributed by atoms with Gasteiger partial charge in [-0.3, -0.25) is 9.78 Å². The molecular formula is C28H28F4N2O4. The summed E-state index contributed by atoms with van der Waals surface area (Å²) in [7, 11) is 2.62. The second kappa shape index (κ2) is 13.7. The number of pyridine rings is 1. The average Bonchev–Trinajstić information content (AvgIpc) is 2.93. The van der Waals surface area contributed by atoms with E-state index in [1.165, 1.54) is 68.9 Å². The highest BCUT2D eigenvalue weighted by Crippen LogP contribution is 2.22. The fourth-order valence-corrected chi connectivity index (χ4v) is 4.22. The van der Waals surface area contributed by atoms with Crippen LogP contribution in [0.3, 0.4) is 0 Å². The van der Waals surface area contributed by atoms with Crippen molar-refractivity contribution in [1.29, 1.82) is 0 Å².